The van der Waals surface area contributed by atoms with E-state index in [1.165, 1.54) is 12.8 Å². The van der Waals surface area contributed by atoms with Gasteiger partial charge in [-0.05, 0) is 12.8 Å². The van der Waals surface area contributed by atoms with Gasteiger partial charge in [0.2, 0.25) is 5.91 Å². The Balaban J connectivity index is 2.06. The second kappa shape index (κ2) is 6.39. The van der Waals surface area contributed by atoms with Crippen LogP contribution in [0, 0.1) is 5.41 Å². The van der Waals surface area contributed by atoms with Crippen LogP contribution in [-0.2, 0) is 18.4 Å². The minimum absolute atomic E-state index is 0.200. The predicted molar refractivity (Wildman–Crippen MR) is 78.9 cm³/mol. The number of carbonyl (C=O) groups is 1. The number of amides is 1. The molecule has 1 aromatic rings. The summed E-state index contributed by atoms with van der Waals surface area (Å²) in [5.74, 6) is 0.200. The third-order valence-electron chi connectivity index (χ3n) is 4.43. The predicted octanol–water partition coefficient (Wildman–Crippen LogP) is 1.68. The lowest BCUT2D eigenvalue weighted by Crippen LogP contribution is -2.46. The Morgan fingerprint density at radius 2 is 2.05 bits per heavy atom. The summed E-state index contributed by atoms with van der Waals surface area (Å²) in [6, 6.07) is 0. The van der Waals surface area contributed by atoms with Crippen LogP contribution in [0.4, 0.5) is 0 Å². The van der Waals surface area contributed by atoms with Gasteiger partial charge in [-0.1, -0.05) is 25.7 Å². The van der Waals surface area contributed by atoms with Gasteiger partial charge < -0.3 is 10.6 Å². The van der Waals surface area contributed by atoms with Crippen LogP contribution in [0.2, 0.25) is 0 Å². The van der Waals surface area contributed by atoms with E-state index in [1.54, 1.807) is 4.68 Å². The molecule has 112 valence electrons. The summed E-state index contributed by atoms with van der Waals surface area (Å²) in [6.07, 6.45) is 10.3. The minimum atomic E-state index is -0.340. The molecule has 2 N–H and O–H groups in total. The monoisotopic (exact) mass is 278 g/mol. The van der Waals surface area contributed by atoms with Crippen molar-refractivity contribution in [3.8, 4) is 0 Å². The van der Waals surface area contributed by atoms with E-state index in [0.29, 0.717) is 13.1 Å². The molecule has 1 saturated carbocycles. The highest BCUT2D eigenvalue weighted by Gasteiger charge is 2.39. The van der Waals surface area contributed by atoms with Crippen molar-refractivity contribution < 1.29 is 4.79 Å². The normalized spacial score (nSPS) is 18.6. The number of rotatable bonds is 4. The number of hydrogen-bond donors (Lipinski definition) is 1. The number of nitrogens with zero attached hydrogens (tertiary/aromatic N) is 3. The molecule has 1 aromatic heterocycles. The third-order valence-corrected chi connectivity index (χ3v) is 4.43. The van der Waals surface area contributed by atoms with E-state index in [2.05, 4.69) is 5.10 Å². The van der Waals surface area contributed by atoms with Crippen LogP contribution >= 0.6 is 0 Å². The largest absolute Gasteiger partial charge is 0.341 e. The Kier molecular flexibility index (Phi) is 4.81. The molecular weight excluding hydrogens is 252 g/mol. The molecule has 0 bridgehead atoms. The molecule has 1 heterocycles. The van der Waals surface area contributed by atoms with Crippen LogP contribution in [0.3, 0.4) is 0 Å². The third kappa shape index (κ3) is 3.20. The molecule has 1 fully saturated rings. The Bertz CT molecular complexity index is 446. The van der Waals surface area contributed by atoms with Crippen molar-refractivity contribution in [3.63, 3.8) is 0 Å². The second-order valence-electron chi connectivity index (χ2n) is 6.08. The maximum absolute atomic E-state index is 12.8. The van der Waals surface area contributed by atoms with Crippen LogP contribution in [0.1, 0.15) is 44.1 Å². The number of nitrogens with two attached hydrogens (primary N) is 1. The zero-order valence-corrected chi connectivity index (χ0v) is 12.6. The zero-order valence-electron chi connectivity index (χ0n) is 12.6. The van der Waals surface area contributed by atoms with Gasteiger partial charge in [-0.25, -0.2) is 0 Å². The number of hydrogen-bond acceptors (Lipinski definition) is 3. The first-order valence-corrected chi connectivity index (χ1v) is 7.50. The van der Waals surface area contributed by atoms with Gasteiger partial charge in [-0.3, -0.25) is 9.48 Å². The lowest BCUT2D eigenvalue weighted by Gasteiger charge is -2.34. The molecule has 5 heteroatoms. The Hall–Kier alpha value is -1.36. The standard InChI is InChI=1S/C15H26N4O/c1-18(10-13-9-17-19(2)11-13)14(20)15(12-16)7-5-3-4-6-8-15/h9,11H,3-8,10,12,16H2,1-2H3. The summed E-state index contributed by atoms with van der Waals surface area (Å²) in [5, 5.41) is 4.15. The highest BCUT2D eigenvalue weighted by Crippen LogP contribution is 2.36. The van der Waals surface area contributed by atoms with Crippen molar-refractivity contribution in [1.82, 2.24) is 14.7 Å². The van der Waals surface area contributed by atoms with Gasteiger partial charge in [0.25, 0.3) is 0 Å². The van der Waals surface area contributed by atoms with Crippen LogP contribution in [0.5, 0.6) is 0 Å². The Morgan fingerprint density at radius 3 is 2.55 bits per heavy atom. The summed E-state index contributed by atoms with van der Waals surface area (Å²) >= 11 is 0. The maximum atomic E-state index is 12.8. The van der Waals surface area contributed by atoms with Gasteiger partial charge in [-0.15, -0.1) is 0 Å². The Morgan fingerprint density at radius 1 is 1.40 bits per heavy atom. The molecule has 1 aliphatic carbocycles. The van der Waals surface area contributed by atoms with Crippen LogP contribution in [-0.4, -0.2) is 34.2 Å². The van der Waals surface area contributed by atoms with E-state index < -0.39 is 0 Å². The Labute approximate surface area is 121 Å². The quantitative estimate of drug-likeness (QED) is 0.852. The number of aryl methyl sites for hydroxylation is 1. The maximum Gasteiger partial charge on any atom is 0.230 e. The average molecular weight is 278 g/mol. The lowest BCUT2D eigenvalue weighted by molar-refractivity contribution is -0.141. The topological polar surface area (TPSA) is 64.2 Å². The smallest absolute Gasteiger partial charge is 0.230 e. The van der Waals surface area contributed by atoms with E-state index in [1.807, 2.05) is 31.4 Å². The molecule has 1 amide bonds. The summed E-state index contributed by atoms with van der Waals surface area (Å²) in [6.45, 7) is 1.07. The highest BCUT2D eigenvalue weighted by atomic mass is 16.2. The van der Waals surface area contributed by atoms with Crippen molar-refractivity contribution in [2.75, 3.05) is 13.6 Å². The first-order valence-electron chi connectivity index (χ1n) is 7.50. The van der Waals surface area contributed by atoms with E-state index in [-0.39, 0.29) is 11.3 Å². The fraction of sp³-hybridized carbons (Fsp3) is 0.733. The van der Waals surface area contributed by atoms with E-state index in [0.717, 1.165) is 31.2 Å². The molecular formula is C15H26N4O. The first-order chi connectivity index (χ1) is 9.57. The van der Waals surface area contributed by atoms with Gasteiger partial charge in [0, 0.05) is 38.9 Å². The van der Waals surface area contributed by atoms with Crippen molar-refractivity contribution >= 4 is 5.91 Å². The number of aromatic nitrogens is 2. The van der Waals surface area contributed by atoms with Crippen LogP contribution in [0.15, 0.2) is 12.4 Å². The SMILES string of the molecule is CN(Cc1cnn(C)c1)C(=O)C1(CN)CCCCCC1. The zero-order chi connectivity index (χ0) is 14.6. The molecule has 0 radical (unpaired) electrons. The van der Waals surface area contributed by atoms with Gasteiger partial charge >= 0.3 is 0 Å². The van der Waals surface area contributed by atoms with Crippen LogP contribution < -0.4 is 5.73 Å². The summed E-state index contributed by atoms with van der Waals surface area (Å²) in [7, 11) is 3.76. The fourth-order valence-electron chi connectivity index (χ4n) is 3.21. The molecule has 0 unspecified atom stereocenters. The molecule has 0 atom stereocenters. The van der Waals surface area contributed by atoms with Gasteiger partial charge in [0.05, 0.1) is 11.6 Å². The summed E-state index contributed by atoms with van der Waals surface area (Å²) in [5.41, 5.74) is 6.70. The first kappa shape index (κ1) is 15.0. The molecule has 0 aromatic carbocycles. The van der Waals surface area contributed by atoms with Gasteiger partial charge in [0.15, 0.2) is 0 Å². The average Bonchev–Trinajstić information content (AvgIpc) is 2.71. The molecule has 0 saturated heterocycles. The lowest BCUT2D eigenvalue weighted by atomic mass is 9.79. The summed E-state index contributed by atoms with van der Waals surface area (Å²) in [4.78, 5) is 14.6. The highest BCUT2D eigenvalue weighted by molar-refractivity contribution is 5.82. The van der Waals surface area contributed by atoms with Crippen molar-refractivity contribution in [2.24, 2.45) is 18.2 Å². The van der Waals surface area contributed by atoms with Crippen molar-refractivity contribution in [2.45, 2.75) is 45.1 Å². The second-order valence-corrected chi connectivity index (χ2v) is 6.08. The van der Waals surface area contributed by atoms with Gasteiger partial charge in [-0.2, -0.15) is 5.10 Å². The van der Waals surface area contributed by atoms with E-state index in [4.69, 9.17) is 5.73 Å². The van der Waals surface area contributed by atoms with Crippen LogP contribution in [0.25, 0.3) is 0 Å². The summed E-state index contributed by atoms with van der Waals surface area (Å²) < 4.78 is 1.76. The van der Waals surface area contributed by atoms with Gasteiger partial charge in [0.1, 0.15) is 0 Å². The molecule has 20 heavy (non-hydrogen) atoms. The molecule has 5 nitrogen and oxygen atoms in total. The molecule has 0 spiro atoms. The van der Waals surface area contributed by atoms with E-state index >= 15 is 0 Å². The molecule has 0 aliphatic heterocycles. The van der Waals surface area contributed by atoms with Crippen molar-refractivity contribution in [1.29, 1.82) is 0 Å². The fourth-order valence-corrected chi connectivity index (χ4v) is 3.21. The van der Waals surface area contributed by atoms with E-state index in [9.17, 15) is 4.79 Å². The molecule has 2 rings (SSSR count). The molecule has 1 aliphatic rings. The minimum Gasteiger partial charge on any atom is -0.341 e. The van der Waals surface area contributed by atoms with Crippen molar-refractivity contribution in [3.05, 3.63) is 18.0 Å². The number of carbonyl (C=O) groups excluding carboxylic acids is 1.